The first-order valence-corrected chi connectivity index (χ1v) is 12.7. The van der Waals surface area contributed by atoms with Crippen molar-refractivity contribution in [1.82, 2.24) is 4.90 Å². The summed E-state index contributed by atoms with van der Waals surface area (Å²) in [6.07, 6.45) is 0.0253. The van der Waals surface area contributed by atoms with Crippen LogP contribution in [0.25, 0.3) is 0 Å². The highest BCUT2D eigenvalue weighted by molar-refractivity contribution is 6.25. The van der Waals surface area contributed by atoms with Crippen LogP contribution in [0.15, 0.2) is 28.7 Å². The largest absolute Gasteiger partial charge is 0.510 e. The van der Waals surface area contributed by atoms with Gasteiger partial charge < -0.3 is 41.1 Å². The summed E-state index contributed by atoms with van der Waals surface area (Å²) < 4.78 is 4.67. The number of amides is 2. The van der Waals surface area contributed by atoms with Gasteiger partial charge >= 0.3 is 5.97 Å². The van der Waals surface area contributed by atoms with Crippen molar-refractivity contribution in [3.8, 4) is 5.75 Å². The molecule has 14 heteroatoms. The monoisotopic (exact) mass is 572 g/mol. The number of Topliss-reactive ketones (excluding diaryl/α,β-unsaturated/α-hetero) is 2. The van der Waals surface area contributed by atoms with E-state index < -0.39 is 82.3 Å². The van der Waals surface area contributed by atoms with E-state index >= 15 is 0 Å². The van der Waals surface area contributed by atoms with Crippen LogP contribution >= 0.6 is 0 Å². The topological polar surface area (TPSA) is 220 Å². The number of likely N-dealkylation sites (N-methyl/N-ethyl adjacent to an activating group) is 1. The zero-order valence-corrected chi connectivity index (χ0v) is 23.1. The van der Waals surface area contributed by atoms with Crippen LogP contribution in [0.3, 0.4) is 0 Å². The molecular formula is C27H32N4O10. The van der Waals surface area contributed by atoms with E-state index in [-0.39, 0.29) is 29.7 Å². The summed E-state index contributed by atoms with van der Waals surface area (Å²) in [6, 6.07) is 0.346. The van der Waals surface area contributed by atoms with E-state index in [1.54, 1.807) is 33.1 Å². The van der Waals surface area contributed by atoms with E-state index in [1.807, 2.05) is 0 Å². The third-order valence-electron chi connectivity index (χ3n) is 7.86. The lowest BCUT2D eigenvalue weighted by molar-refractivity contribution is -0.148. The highest BCUT2D eigenvalue weighted by Crippen LogP contribution is 2.53. The second kappa shape index (κ2) is 10.2. The molecule has 7 N–H and O–H groups in total. The van der Waals surface area contributed by atoms with Gasteiger partial charge in [0, 0.05) is 38.2 Å². The van der Waals surface area contributed by atoms with E-state index in [4.69, 9.17) is 5.73 Å². The quantitative estimate of drug-likeness (QED) is 0.147. The van der Waals surface area contributed by atoms with Gasteiger partial charge in [0.2, 0.25) is 5.78 Å². The number of aliphatic hydroxyl groups is 3. The van der Waals surface area contributed by atoms with Crippen LogP contribution in [0.2, 0.25) is 0 Å². The molecule has 4 atom stereocenters. The number of hydrogen-bond donors (Lipinski definition) is 6. The van der Waals surface area contributed by atoms with Crippen molar-refractivity contribution in [3.63, 3.8) is 0 Å². The Bertz CT molecular complexity index is 1460. The number of hydrogen-bond acceptors (Lipinski definition) is 12. The lowest BCUT2D eigenvalue weighted by atomic mass is 9.58. The van der Waals surface area contributed by atoms with Crippen LogP contribution < -0.4 is 16.0 Å². The van der Waals surface area contributed by atoms with Crippen LogP contribution in [-0.4, -0.2) is 101 Å². The van der Waals surface area contributed by atoms with Crippen molar-refractivity contribution in [2.45, 2.75) is 31.4 Å². The van der Waals surface area contributed by atoms with Gasteiger partial charge in [0.1, 0.15) is 17.1 Å². The molecule has 4 rings (SSSR count). The maximum absolute atomic E-state index is 14.0. The summed E-state index contributed by atoms with van der Waals surface area (Å²) in [5.74, 6) is -9.19. The molecule has 3 aliphatic rings. The van der Waals surface area contributed by atoms with Gasteiger partial charge in [-0.15, -0.1) is 0 Å². The number of carbonyl (C=O) groups excluding carboxylic acids is 5. The van der Waals surface area contributed by atoms with Crippen molar-refractivity contribution >= 4 is 40.7 Å². The smallest absolute Gasteiger partial charge is 0.303 e. The zero-order chi connectivity index (χ0) is 30.7. The summed E-state index contributed by atoms with van der Waals surface area (Å²) >= 11 is 0. The number of ketones is 2. The lowest BCUT2D eigenvalue weighted by Gasteiger charge is -2.50. The number of phenols is 1. The highest BCUT2D eigenvalue weighted by Gasteiger charge is 2.63. The SMILES string of the molecule is CC(=O)OCC(=O)Nc1cc(N(C)C)c2c(c1O)C(=O)C1=C(O)[C@]3(O)C(=O)C(C(N)=O)=C(O)[C@@H](N(C)C)C3CC1C2. The first-order valence-electron chi connectivity index (χ1n) is 12.7. The predicted molar refractivity (Wildman–Crippen MR) is 143 cm³/mol. The fourth-order valence-electron chi connectivity index (χ4n) is 6.15. The first-order chi connectivity index (χ1) is 19.0. The molecule has 220 valence electrons. The number of nitrogens with zero attached hydrogens (tertiary/aromatic N) is 2. The second-order valence-electron chi connectivity index (χ2n) is 10.8. The molecule has 3 aliphatic carbocycles. The molecule has 0 saturated heterocycles. The van der Waals surface area contributed by atoms with Crippen LogP contribution in [0.5, 0.6) is 5.75 Å². The Kier molecular flexibility index (Phi) is 7.35. The van der Waals surface area contributed by atoms with E-state index in [2.05, 4.69) is 10.1 Å². The number of fused-ring (bicyclic) bond motifs is 3. The Hall–Kier alpha value is -4.43. The molecule has 1 aromatic carbocycles. The number of esters is 1. The lowest BCUT2D eigenvalue weighted by Crippen LogP contribution is -2.63. The minimum atomic E-state index is -2.76. The van der Waals surface area contributed by atoms with Crippen molar-refractivity contribution in [3.05, 3.63) is 39.9 Å². The van der Waals surface area contributed by atoms with Crippen LogP contribution in [0.1, 0.15) is 29.3 Å². The van der Waals surface area contributed by atoms with Crippen LogP contribution in [0.4, 0.5) is 11.4 Å². The standard InChI is InChI=1S/C27H32N4O10/c1-10(32)41-9-16(33)29-14-8-15(30(2)3)12-6-11-7-13-20(31(4)5)23(36)19(26(28)39)25(38)27(13,40)24(37)17(11)22(35)18(12)21(14)34/h8,11,13,20,34,36-37,40H,6-7,9H2,1-5H3,(H2,28,39)(H,29,33)/t11?,13?,20-,27-/m0/s1. The highest BCUT2D eigenvalue weighted by atomic mass is 16.5. The number of phenolic OH excluding ortho intramolecular Hbond substituents is 1. The van der Waals surface area contributed by atoms with Crippen LogP contribution in [0, 0.1) is 11.8 Å². The van der Waals surface area contributed by atoms with E-state index in [0.717, 1.165) is 6.92 Å². The summed E-state index contributed by atoms with van der Waals surface area (Å²) in [7, 11) is 6.46. The maximum Gasteiger partial charge on any atom is 0.303 e. The van der Waals surface area contributed by atoms with Gasteiger partial charge in [-0.2, -0.15) is 0 Å². The van der Waals surface area contributed by atoms with Gasteiger partial charge in [-0.25, -0.2) is 0 Å². The third-order valence-corrected chi connectivity index (χ3v) is 7.86. The maximum atomic E-state index is 14.0. The third kappa shape index (κ3) is 4.48. The molecule has 0 aromatic heterocycles. The molecule has 0 radical (unpaired) electrons. The van der Waals surface area contributed by atoms with E-state index in [0.29, 0.717) is 11.3 Å². The number of allylic oxidation sites excluding steroid dienone is 1. The Labute approximate surface area is 234 Å². The molecule has 0 fully saturated rings. The summed E-state index contributed by atoms with van der Waals surface area (Å²) in [5, 5.41) is 47.5. The molecule has 0 bridgehead atoms. The molecule has 0 spiro atoms. The van der Waals surface area contributed by atoms with Gasteiger partial charge in [-0.1, -0.05) is 0 Å². The Balaban J connectivity index is 1.90. The fourth-order valence-corrected chi connectivity index (χ4v) is 6.15. The van der Waals surface area contributed by atoms with Crippen molar-refractivity contribution < 1.29 is 49.1 Å². The minimum Gasteiger partial charge on any atom is -0.510 e. The molecule has 0 heterocycles. The van der Waals surface area contributed by atoms with Gasteiger partial charge in [-0.3, -0.25) is 28.9 Å². The Morgan fingerprint density at radius 1 is 1.15 bits per heavy atom. The minimum absolute atomic E-state index is 0.0553. The summed E-state index contributed by atoms with van der Waals surface area (Å²) in [4.78, 5) is 66.0. The summed E-state index contributed by atoms with van der Waals surface area (Å²) in [5.41, 5.74) is 1.77. The first kappa shape index (κ1) is 29.6. The van der Waals surface area contributed by atoms with Crippen LogP contribution in [-0.2, 0) is 30.3 Å². The van der Waals surface area contributed by atoms with Gasteiger partial charge in [-0.05, 0) is 44.5 Å². The number of nitrogens with two attached hydrogens (primary N) is 1. The van der Waals surface area contributed by atoms with Gasteiger partial charge in [0.25, 0.3) is 11.8 Å². The molecule has 14 nitrogen and oxygen atoms in total. The van der Waals surface area contributed by atoms with E-state index in [9.17, 15) is 44.4 Å². The van der Waals surface area contributed by atoms with Crippen molar-refractivity contribution in [2.24, 2.45) is 17.6 Å². The number of nitrogens with one attached hydrogen (secondary N) is 1. The average molecular weight is 573 g/mol. The average Bonchev–Trinajstić information content (AvgIpc) is 2.85. The number of rotatable bonds is 6. The van der Waals surface area contributed by atoms with E-state index in [1.165, 1.54) is 11.0 Å². The zero-order valence-electron chi connectivity index (χ0n) is 23.1. The predicted octanol–water partition coefficient (Wildman–Crippen LogP) is -0.312. The number of aromatic hydroxyl groups is 1. The Morgan fingerprint density at radius 3 is 2.32 bits per heavy atom. The number of benzene rings is 1. The second-order valence-corrected chi connectivity index (χ2v) is 10.8. The Morgan fingerprint density at radius 2 is 1.78 bits per heavy atom. The molecule has 0 aliphatic heterocycles. The normalized spacial score (nSPS) is 25.4. The molecule has 1 aromatic rings. The molecule has 0 saturated carbocycles. The molecule has 2 unspecified atom stereocenters. The number of ether oxygens (including phenoxy) is 1. The molecule has 41 heavy (non-hydrogen) atoms. The number of aliphatic hydroxyl groups excluding tert-OH is 2. The molecule has 2 amide bonds. The molecular weight excluding hydrogens is 540 g/mol. The number of primary amides is 1. The van der Waals surface area contributed by atoms with Crippen molar-refractivity contribution in [1.29, 1.82) is 0 Å². The number of anilines is 2. The van der Waals surface area contributed by atoms with Crippen molar-refractivity contribution in [2.75, 3.05) is 45.0 Å². The summed E-state index contributed by atoms with van der Waals surface area (Å²) in [6.45, 7) is 0.477. The van der Waals surface area contributed by atoms with Gasteiger partial charge in [0.05, 0.1) is 17.3 Å². The number of carbonyl (C=O) groups is 5. The van der Waals surface area contributed by atoms with Gasteiger partial charge in [0.15, 0.2) is 23.7 Å². The fraction of sp³-hybridized carbons (Fsp3) is 0.444.